The lowest BCUT2D eigenvalue weighted by Gasteiger charge is -2.03. The third-order valence-electron chi connectivity index (χ3n) is 1.86. The predicted octanol–water partition coefficient (Wildman–Crippen LogP) is 1.55. The Balaban J connectivity index is 2.22. The van der Waals surface area contributed by atoms with Crippen LogP contribution in [-0.2, 0) is 0 Å². The van der Waals surface area contributed by atoms with Crippen LogP contribution in [0.25, 0.3) is 0 Å². The highest BCUT2D eigenvalue weighted by Crippen LogP contribution is 2.16. The summed E-state index contributed by atoms with van der Waals surface area (Å²) < 4.78 is 5.39. The number of nitrogen functional groups attached to an aromatic ring is 1. The van der Waals surface area contributed by atoms with Crippen LogP contribution in [0, 0.1) is 5.41 Å². The van der Waals surface area contributed by atoms with Gasteiger partial charge in [0.2, 0.25) is 0 Å². The van der Waals surface area contributed by atoms with Crippen LogP contribution in [0.5, 0.6) is 11.8 Å². The number of aromatic nitrogens is 2. The van der Waals surface area contributed by atoms with Gasteiger partial charge >= 0.3 is 6.01 Å². The van der Waals surface area contributed by atoms with Crippen molar-refractivity contribution in [2.75, 3.05) is 0 Å². The molecule has 0 saturated carbocycles. The number of nitrogens with zero attached hydrogens (tertiary/aromatic N) is 2. The van der Waals surface area contributed by atoms with E-state index in [9.17, 15) is 0 Å². The lowest BCUT2D eigenvalue weighted by Crippen LogP contribution is -2.13. The van der Waals surface area contributed by atoms with E-state index in [0.29, 0.717) is 11.4 Å². The summed E-state index contributed by atoms with van der Waals surface area (Å²) in [5, 5.41) is 7.24. The summed E-state index contributed by atoms with van der Waals surface area (Å²) in [5.74, 6) is 0.531. The third kappa shape index (κ3) is 2.33. The number of nitrogens with two attached hydrogens (primary N) is 1. The number of amidine groups is 1. The molecule has 0 saturated heterocycles. The molecule has 0 fully saturated rings. The van der Waals surface area contributed by atoms with Crippen molar-refractivity contribution in [3.8, 4) is 11.8 Å². The Kier molecular flexibility index (Phi) is 2.77. The summed E-state index contributed by atoms with van der Waals surface area (Å²) in [4.78, 5) is 7.92. The number of nitrogens with one attached hydrogen (secondary N) is 1. The van der Waals surface area contributed by atoms with Gasteiger partial charge in [-0.15, -0.1) is 0 Å². The van der Waals surface area contributed by atoms with Gasteiger partial charge in [0.1, 0.15) is 17.3 Å². The fraction of sp³-hybridized carbons (Fsp3) is 0. The van der Waals surface area contributed by atoms with Crippen LogP contribution in [0.3, 0.4) is 0 Å². The zero-order chi connectivity index (χ0) is 11.4. The van der Waals surface area contributed by atoms with E-state index in [-0.39, 0.29) is 11.8 Å². The van der Waals surface area contributed by atoms with Crippen LogP contribution < -0.4 is 10.5 Å². The topological polar surface area (TPSA) is 84.9 Å². The number of hydrogen-bond acceptors (Lipinski definition) is 4. The monoisotopic (exact) mass is 214 g/mol. The van der Waals surface area contributed by atoms with Crippen LogP contribution >= 0.6 is 0 Å². The summed E-state index contributed by atoms with van der Waals surface area (Å²) in [6.07, 6.45) is 1.50. The zero-order valence-electron chi connectivity index (χ0n) is 8.42. The molecular weight excluding hydrogens is 204 g/mol. The third-order valence-corrected chi connectivity index (χ3v) is 1.86. The number of ether oxygens (including phenoxy) is 1. The highest BCUT2D eigenvalue weighted by atomic mass is 16.5. The Hall–Kier alpha value is -2.43. The van der Waals surface area contributed by atoms with E-state index in [4.69, 9.17) is 15.9 Å². The summed E-state index contributed by atoms with van der Waals surface area (Å²) in [6.45, 7) is 0. The molecule has 0 amide bonds. The van der Waals surface area contributed by atoms with Crippen molar-refractivity contribution in [2.24, 2.45) is 5.73 Å². The molecule has 0 radical (unpaired) electrons. The molecule has 3 N–H and O–H groups in total. The minimum absolute atomic E-state index is 0.111. The van der Waals surface area contributed by atoms with Crippen LogP contribution in [0.1, 0.15) is 5.69 Å². The van der Waals surface area contributed by atoms with Crippen molar-refractivity contribution in [1.29, 1.82) is 5.41 Å². The van der Waals surface area contributed by atoms with Crippen molar-refractivity contribution < 1.29 is 4.74 Å². The maximum Gasteiger partial charge on any atom is 0.322 e. The van der Waals surface area contributed by atoms with E-state index in [1.807, 2.05) is 18.2 Å². The second kappa shape index (κ2) is 4.39. The molecule has 1 aromatic heterocycles. The standard InChI is InChI=1S/C11H10N4O/c12-10(13)9-6-7-14-11(15-9)16-8-4-2-1-3-5-8/h1-7H,(H3,12,13). The molecule has 2 rings (SSSR count). The van der Waals surface area contributed by atoms with Crippen molar-refractivity contribution in [1.82, 2.24) is 9.97 Å². The summed E-state index contributed by atoms with van der Waals surface area (Å²) in [5.41, 5.74) is 5.66. The van der Waals surface area contributed by atoms with E-state index in [2.05, 4.69) is 9.97 Å². The minimum Gasteiger partial charge on any atom is -0.424 e. The largest absolute Gasteiger partial charge is 0.424 e. The van der Waals surface area contributed by atoms with Crippen LogP contribution in [0.2, 0.25) is 0 Å². The maximum absolute atomic E-state index is 7.24. The number of rotatable bonds is 3. The minimum atomic E-state index is -0.111. The van der Waals surface area contributed by atoms with Gasteiger partial charge in [-0.2, -0.15) is 4.98 Å². The Morgan fingerprint density at radius 3 is 2.62 bits per heavy atom. The van der Waals surface area contributed by atoms with Gasteiger partial charge in [0.05, 0.1) is 0 Å². The molecule has 0 spiro atoms. The van der Waals surface area contributed by atoms with E-state index >= 15 is 0 Å². The summed E-state index contributed by atoms with van der Waals surface area (Å²) >= 11 is 0. The first-order valence-electron chi connectivity index (χ1n) is 4.66. The summed E-state index contributed by atoms with van der Waals surface area (Å²) in [7, 11) is 0. The Labute approximate surface area is 92.4 Å². The lowest BCUT2D eigenvalue weighted by atomic mass is 10.3. The van der Waals surface area contributed by atoms with Crippen LogP contribution in [-0.4, -0.2) is 15.8 Å². The molecule has 1 heterocycles. The smallest absolute Gasteiger partial charge is 0.322 e. The lowest BCUT2D eigenvalue weighted by molar-refractivity contribution is 0.441. The van der Waals surface area contributed by atoms with E-state index < -0.39 is 0 Å². The van der Waals surface area contributed by atoms with E-state index in [1.54, 1.807) is 18.2 Å². The number of hydrogen-bond donors (Lipinski definition) is 2. The molecule has 0 aliphatic heterocycles. The van der Waals surface area contributed by atoms with Gasteiger partial charge in [0, 0.05) is 6.20 Å². The maximum atomic E-state index is 7.24. The first-order chi connectivity index (χ1) is 7.75. The fourth-order valence-electron chi connectivity index (χ4n) is 1.13. The molecule has 0 atom stereocenters. The van der Waals surface area contributed by atoms with Gasteiger partial charge in [-0.1, -0.05) is 18.2 Å². The van der Waals surface area contributed by atoms with Crippen molar-refractivity contribution in [3.05, 3.63) is 48.3 Å². The van der Waals surface area contributed by atoms with Crippen LogP contribution in [0.15, 0.2) is 42.6 Å². The Morgan fingerprint density at radius 1 is 1.19 bits per heavy atom. The molecule has 2 aromatic rings. The predicted molar refractivity (Wildman–Crippen MR) is 59.6 cm³/mol. The van der Waals surface area contributed by atoms with Gasteiger partial charge in [0.15, 0.2) is 0 Å². The average molecular weight is 214 g/mol. The van der Waals surface area contributed by atoms with Crippen molar-refractivity contribution in [3.63, 3.8) is 0 Å². The second-order valence-electron chi connectivity index (χ2n) is 3.05. The number of benzene rings is 1. The van der Waals surface area contributed by atoms with Crippen LogP contribution in [0.4, 0.5) is 0 Å². The molecule has 80 valence electrons. The van der Waals surface area contributed by atoms with Crippen molar-refractivity contribution >= 4 is 5.84 Å². The number of para-hydroxylation sites is 1. The molecular formula is C11H10N4O. The first-order valence-corrected chi connectivity index (χ1v) is 4.66. The van der Waals surface area contributed by atoms with E-state index in [1.165, 1.54) is 6.20 Å². The average Bonchev–Trinajstić information content (AvgIpc) is 2.30. The Morgan fingerprint density at radius 2 is 1.94 bits per heavy atom. The van der Waals surface area contributed by atoms with Crippen molar-refractivity contribution in [2.45, 2.75) is 0 Å². The molecule has 16 heavy (non-hydrogen) atoms. The van der Waals surface area contributed by atoms with Gasteiger partial charge in [0.25, 0.3) is 0 Å². The highest BCUT2D eigenvalue weighted by molar-refractivity contribution is 5.92. The molecule has 5 heteroatoms. The van der Waals surface area contributed by atoms with E-state index in [0.717, 1.165) is 0 Å². The molecule has 0 aliphatic carbocycles. The van der Waals surface area contributed by atoms with Gasteiger partial charge < -0.3 is 10.5 Å². The molecule has 0 aliphatic rings. The Bertz CT molecular complexity index is 498. The fourth-order valence-corrected chi connectivity index (χ4v) is 1.13. The molecule has 0 bridgehead atoms. The molecule has 1 aromatic carbocycles. The van der Waals surface area contributed by atoms with Gasteiger partial charge in [-0.25, -0.2) is 4.98 Å². The SMILES string of the molecule is N=C(N)c1ccnc(Oc2ccccc2)n1. The second-order valence-corrected chi connectivity index (χ2v) is 3.05. The quantitative estimate of drug-likeness (QED) is 0.599. The van der Waals surface area contributed by atoms with Gasteiger partial charge in [-0.05, 0) is 18.2 Å². The molecule has 0 unspecified atom stereocenters. The first kappa shape index (κ1) is 10.1. The highest BCUT2D eigenvalue weighted by Gasteiger charge is 2.03. The van der Waals surface area contributed by atoms with Gasteiger partial charge in [-0.3, -0.25) is 5.41 Å². The molecule has 5 nitrogen and oxygen atoms in total. The normalized spacial score (nSPS) is 9.75. The zero-order valence-corrected chi connectivity index (χ0v) is 8.42. The summed E-state index contributed by atoms with van der Waals surface area (Å²) in [6, 6.07) is 10.9.